The molecule has 2 heterocycles. The van der Waals surface area contributed by atoms with Crippen LogP contribution in [0.3, 0.4) is 0 Å². The van der Waals surface area contributed by atoms with Gasteiger partial charge in [-0.25, -0.2) is 4.98 Å². The first-order valence-corrected chi connectivity index (χ1v) is 8.21. The standard InChI is InChI=1S/C17H17NO4S/c1-9(2)12-8-13(19)22-15-14(12)17(20)23-16(18-15)10-4-6-11(21-3)7-5-10/h4-7,9,12H,8H2,1-3H3. The van der Waals surface area contributed by atoms with Crippen molar-refractivity contribution in [3.63, 3.8) is 0 Å². The van der Waals surface area contributed by atoms with Crippen molar-refractivity contribution in [2.75, 3.05) is 7.11 Å². The predicted molar refractivity (Wildman–Crippen MR) is 88.2 cm³/mol. The van der Waals surface area contributed by atoms with Crippen LogP contribution in [-0.2, 0) is 4.79 Å². The molecule has 1 aromatic heterocycles. The Hall–Kier alpha value is -2.21. The number of carbonyl (C=O) groups is 1. The fraction of sp³-hybridized carbons (Fsp3) is 0.353. The number of ether oxygens (including phenoxy) is 2. The van der Waals surface area contributed by atoms with Crippen LogP contribution < -0.4 is 14.2 Å². The Morgan fingerprint density at radius 1 is 1.26 bits per heavy atom. The van der Waals surface area contributed by atoms with E-state index in [4.69, 9.17) is 9.47 Å². The number of rotatable bonds is 3. The van der Waals surface area contributed by atoms with E-state index >= 15 is 0 Å². The van der Waals surface area contributed by atoms with E-state index in [0.29, 0.717) is 10.6 Å². The number of hydrogen-bond acceptors (Lipinski definition) is 6. The van der Waals surface area contributed by atoms with E-state index in [2.05, 4.69) is 4.98 Å². The van der Waals surface area contributed by atoms with Crippen LogP contribution in [0.1, 0.15) is 31.7 Å². The van der Waals surface area contributed by atoms with Crippen molar-refractivity contribution < 1.29 is 14.3 Å². The first kappa shape index (κ1) is 15.7. The summed E-state index contributed by atoms with van der Waals surface area (Å²) in [5.74, 6) is 0.599. The molecule has 5 nitrogen and oxygen atoms in total. The Kier molecular flexibility index (Phi) is 4.17. The summed E-state index contributed by atoms with van der Waals surface area (Å²) in [5.41, 5.74) is 1.32. The molecule has 0 amide bonds. The lowest BCUT2D eigenvalue weighted by Gasteiger charge is -2.25. The van der Waals surface area contributed by atoms with Gasteiger partial charge in [0.25, 0.3) is 0 Å². The van der Waals surface area contributed by atoms with Crippen molar-refractivity contribution >= 4 is 17.3 Å². The molecule has 0 saturated carbocycles. The van der Waals surface area contributed by atoms with Crippen molar-refractivity contribution in [1.29, 1.82) is 0 Å². The van der Waals surface area contributed by atoms with Crippen LogP contribution in [0.4, 0.5) is 0 Å². The van der Waals surface area contributed by atoms with Crippen LogP contribution in [0, 0.1) is 5.92 Å². The predicted octanol–water partition coefficient (Wildman–Crippen LogP) is 3.23. The van der Waals surface area contributed by atoms with E-state index in [1.807, 2.05) is 26.0 Å². The Balaban J connectivity index is 2.09. The molecule has 23 heavy (non-hydrogen) atoms. The second kappa shape index (κ2) is 6.12. The summed E-state index contributed by atoms with van der Waals surface area (Å²) in [6.07, 6.45) is 0.232. The minimum atomic E-state index is -0.333. The van der Waals surface area contributed by atoms with Gasteiger partial charge in [0.1, 0.15) is 10.8 Å². The van der Waals surface area contributed by atoms with E-state index in [1.54, 1.807) is 19.2 Å². The van der Waals surface area contributed by atoms with Gasteiger partial charge in [-0.3, -0.25) is 9.59 Å². The fourth-order valence-electron chi connectivity index (χ4n) is 2.65. The molecule has 3 rings (SSSR count). The third-order valence-corrected chi connectivity index (χ3v) is 4.88. The van der Waals surface area contributed by atoms with Crippen molar-refractivity contribution in [1.82, 2.24) is 4.98 Å². The second-order valence-corrected chi connectivity index (χ2v) is 6.74. The number of hydrogen-bond donors (Lipinski definition) is 0. The van der Waals surface area contributed by atoms with Gasteiger partial charge in [-0.05, 0) is 30.2 Å². The van der Waals surface area contributed by atoms with Gasteiger partial charge in [-0.15, -0.1) is 0 Å². The summed E-state index contributed by atoms with van der Waals surface area (Å²) in [7, 11) is 1.59. The largest absolute Gasteiger partial charge is 0.497 e. The topological polar surface area (TPSA) is 65.5 Å². The molecule has 1 atom stereocenters. The minimum Gasteiger partial charge on any atom is -0.497 e. The highest BCUT2D eigenvalue weighted by Gasteiger charge is 2.33. The highest BCUT2D eigenvalue weighted by atomic mass is 32.1. The van der Waals surface area contributed by atoms with Gasteiger partial charge in [0.15, 0.2) is 0 Å². The number of benzene rings is 1. The number of fused-ring (bicyclic) bond motifs is 1. The molecule has 1 unspecified atom stereocenters. The summed E-state index contributed by atoms with van der Waals surface area (Å²) in [6, 6.07) is 7.26. The number of aromatic nitrogens is 1. The van der Waals surface area contributed by atoms with Crippen LogP contribution in [-0.4, -0.2) is 18.1 Å². The Labute approximate surface area is 137 Å². The number of methoxy groups -OCH3 is 1. The van der Waals surface area contributed by atoms with Gasteiger partial charge in [0, 0.05) is 11.5 Å². The van der Waals surface area contributed by atoms with E-state index in [9.17, 15) is 9.59 Å². The maximum atomic E-state index is 12.6. The number of esters is 1. The molecule has 2 aromatic rings. The third kappa shape index (κ3) is 2.99. The zero-order valence-corrected chi connectivity index (χ0v) is 14.0. The summed E-state index contributed by atoms with van der Waals surface area (Å²) in [6.45, 7) is 3.99. The maximum Gasteiger partial charge on any atom is 0.313 e. The smallest absolute Gasteiger partial charge is 0.313 e. The average molecular weight is 331 g/mol. The Morgan fingerprint density at radius 2 is 1.96 bits per heavy atom. The maximum absolute atomic E-state index is 12.6. The highest BCUT2D eigenvalue weighted by Crippen LogP contribution is 2.37. The molecule has 0 bridgehead atoms. The lowest BCUT2D eigenvalue weighted by atomic mass is 9.86. The van der Waals surface area contributed by atoms with Gasteiger partial charge < -0.3 is 9.47 Å². The first-order chi connectivity index (χ1) is 11.0. The molecule has 6 heteroatoms. The normalized spacial score (nSPS) is 16.9. The van der Waals surface area contributed by atoms with Crippen LogP contribution >= 0.6 is 11.3 Å². The fourth-order valence-corrected chi connectivity index (χ4v) is 3.56. The molecular formula is C17H17NO4S. The molecule has 1 aliphatic rings. The molecule has 0 saturated heterocycles. The average Bonchev–Trinajstić information content (AvgIpc) is 2.53. The van der Waals surface area contributed by atoms with E-state index in [-0.39, 0.29) is 34.8 Å². The molecular weight excluding hydrogens is 314 g/mol. The Morgan fingerprint density at radius 3 is 2.57 bits per heavy atom. The van der Waals surface area contributed by atoms with Crippen LogP contribution in [0.5, 0.6) is 11.6 Å². The van der Waals surface area contributed by atoms with Crippen molar-refractivity contribution in [2.45, 2.75) is 26.2 Å². The summed E-state index contributed by atoms with van der Waals surface area (Å²) < 4.78 is 10.3. The summed E-state index contributed by atoms with van der Waals surface area (Å²) >= 11 is 1.08. The summed E-state index contributed by atoms with van der Waals surface area (Å²) in [5, 5.41) is 0.536. The highest BCUT2D eigenvalue weighted by molar-refractivity contribution is 7.12. The van der Waals surface area contributed by atoms with Crippen molar-refractivity contribution in [2.24, 2.45) is 5.92 Å². The lowest BCUT2D eigenvalue weighted by Crippen LogP contribution is -2.28. The van der Waals surface area contributed by atoms with Crippen LogP contribution in [0.15, 0.2) is 29.1 Å². The van der Waals surface area contributed by atoms with Gasteiger partial charge in [0.2, 0.25) is 10.6 Å². The summed E-state index contributed by atoms with van der Waals surface area (Å²) in [4.78, 5) is 28.8. The molecule has 0 spiro atoms. The zero-order chi connectivity index (χ0) is 16.6. The first-order valence-electron chi connectivity index (χ1n) is 7.39. The Bertz CT molecular complexity index is 795. The molecule has 120 valence electrons. The number of carbonyl (C=O) groups excluding carboxylic acids is 1. The van der Waals surface area contributed by atoms with Gasteiger partial charge in [-0.2, -0.15) is 0 Å². The van der Waals surface area contributed by atoms with E-state index < -0.39 is 0 Å². The SMILES string of the molecule is COc1ccc(-c2nc3c(c(=O)s2)C(C(C)C)CC(=O)O3)cc1. The zero-order valence-electron chi connectivity index (χ0n) is 13.2. The van der Waals surface area contributed by atoms with E-state index in [0.717, 1.165) is 22.6 Å². The lowest BCUT2D eigenvalue weighted by molar-refractivity contribution is -0.136. The molecule has 0 radical (unpaired) electrons. The monoisotopic (exact) mass is 331 g/mol. The molecule has 0 fully saturated rings. The van der Waals surface area contributed by atoms with Crippen molar-refractivity contribution in [3.8, 4) is 22.2 Å². The van der Waals surface area contributed by atoms with Gasteiger partial charge >= 0.3 is 5.97 Å². The quantitative estimate of drug-likeness (QED) is 0.808. The van der Waals surface area contributed by atoms with Crippen LogP contribution in [0.25, 0.3) is 10.6 Å². The molecule has 0 N–H and O–H groups in total. The van der Waals surface area contributed by atoms with Crippen molar-refractivity contribution in [3.05, 3.63) is 39.4 Å². The number of nitrogens with zero attached hydrogens (tertiary/aromatic N) is 1. The molecule has 0 aliphatic carbocycles. The molecule has 1 aromatic carbocycles. The molecule has 1 aliphatic heterocycles. The van der Waals surface area contributed by atoms with Gasteiger partial charge in [0.05, 0.1) is 19.1 Å². The second-order valence-electron chi connectivity index (χ2n) is 5.78. The van der Waals surface area contributed by atoms with E-state index in [1.165, 1.54) is 0 Å². The third-order valence-electron chi connectivity index (χ3n) is 3.95. The minimum absolute atomic E-state index is 0.0907. The van der Waals surface area contributed by atoms with Crippen LogP contribution in [0.2, 0.25) is 0 Å². The van der Waals surface area contributed by atoms with Gasteiger partial charge in [-0.1, -0.05) is 25.2 Å².